The van der Waals surface area contributed by atoms with Crippen molar-refractivity contribution >= 4 is 17.6 Å². The summed E-state index contributed by atoms with van der Waals surface area (Å²) in [6.07, 6.45) is -0.144. The van der Waals surface area contributed by atoms with E-state index in [2.05, 4.69) is 5.32 Å². The van der Waals surface area contributed by atoms with E-state index in [1.807, 2.05) is 13.1 Å². The van der Waals surface area contributed by atoms with Gasteiger partial charge in [-0.3, -0.25) is 0 Å². The van der Waals surface area contributed by atoms with Crippen LogP contribution in [0.5, 0.6) is 5.75 Å². The molecule has 1 aromatic rings. The smallest absolute Gasteiger partial charge is 0.344 e. The van der Waals surface area contributed by atoms with Gasteiger partial charge in [0.15, 0.2) is 6.61 Å². The fourth-order valence-corrected chi connectivity index (χ4v) is 1.67. The summed E-state index contributed by atoms with van der Waals surface area (Å²) in [4.78, 5) is 11.3. The molecular weight excluding hydrogens is 254 g/mol. The Labute approximate surface area is 112 Å². The van der Waals surface area contributed by atoms with Gasteiger partial charge in [-0.2, -0.15) is 0 Å². The van der Waals surface area contributed by atoms with Crippen LogP contribution in [0.1, 0.15) is 19.4 Å². The van der Waals surface area contributed by atoms with Crippen molar-refractivity contribution in [3.8, 4) is 5.75 Å². The van der Waals surface area contributed by atoms with Gasteiger partial charge in [0, 0.05) is 6.54 Å². The number of carbonyl (C=O) groups excluding carboxylic acids is 1. The van der Waals surface area contributed by atoms with Crippen LogP contribution in [-0.2, 0) is 16.1 Å². The Hall–Kier alpha value is -1.26. The number of hydrogen-bond acceptors (Lipinski definition) is 4. The fraction of sp³-hybridized carbons (Fsp3) is 0.462. The second kappa shape index (κ2) is 7.24. The third-order valence-electron chi connectivity index (χ3n) is 2.09. The largest absolute Gasteiger partial charge is 0.480 e. The predicted octanol–water partition coefficient (Wildman–Crippen LogP) is 2.39. The first-order valence-corrected chi connectivity index (χ1v) is 6.16. The van der Waals surface area contributed by atoms with E-state index in [4.69, 9.17) is 21.1 Å². The molecule has 1 rings (SSSR count). The maximum absolute atomic E-state index is 11.3. The summed E-state index contributed by atoms with van der Waals surface area (Å²) in [5.74, 6) is 0.0811. The van der Waals surface area contributed by atoms with E-state index >= 15 is 0 Å². The van der Waals surface area contributed by atoms with Gasteiger partial charge < -0.3 is 14.8 Å². The number of ether oxygens (including phenoxy) is 2. The van der Waals surface area contributed by atoms with E-state index in [9.17, 15) is 4.79 Å². The number of carbonyl (C=O) groups is 1. The van der Waals surface area contributed by atoms with E-state index in [-0.39, 0.29) is 12.7 Å². The minimum atomic E-state index is -0.402. The molecule has 0 spiro atoms. The quantitative estimate of drug-likeness (QED) is 0.807. The average Bonchev–Trinajstić information content (AvgIpc) is 2.27. The first-order valence-electron chi connectivity index (χ1n) is 5.78. The van der Waals surface area contributed by atoms with Crippen molar-refractivity contribution in [1.29, 1.82) is 0 Å². The van der Waals surface area contributed by atoms with Gasteiger partial charge in [0.05, 0.1) is 11.1 Å². The Balaban J connectivity index is 2.55. The molecular formula is C13H18ClNO3. The first-order chi connectivity index (χ1) is 8.52. The van der Waals surface area contributed by atoms with Crippen molar-refractivity contribution in [3.63, 3.8) is 0 Å². The molecule has 0 aromatic heterocycles. The second-order valence-corrected chi connectivity index (χ2v) is 4.53. The van der Waals surface area contributed by atoms with Gasteiger partial charge in [0.2, 0.25) is 0 Å². The zero-order valence-corrected chi connectivity index (χ0v) is 11.6. The highest BCUT2D eigenvalue weighted by atomic mass is 35.5. The average molecular weight is 272 g/mol. The minimum Gasteiger partial charge on any atom is -0.480 e. The molecule has 100 valence electrons. The van der Waals surface area contributed by atoms with Gasteiger partial charge >= 0.3 is 5.97 Å². The van der Waals surface area contributed by atoms with Crippen molar-refractivity contribution < 1.29 is 14.3 Å². The molecule has 0 aliphatic heterocycles. The lowest BCUT2D eigenvalue weighted by atomic mass is 10.2. The number of nitrogens with one attached hydrogen (secondary N) is 1. The molecule has 0 aliphatic rings. The summed E-state index contributed by atoms with van der Waals surface area (Å²) in [5.41, 5.74) is 1.06. The molecule has 0 fully saturated rings. The van der Waals surface area contributed by atoms with E-state index in [0.717, 1.165) is 12.1 Å². The number of hydrogen-bond donors (Lipinski definition) is 1. The van der Waals surface area contributed by atoms with E-state index in [0.29, 0.717) is 10.8 Å². The van der Waals surface area contributed by atoms with Crippen molar-refractivity contribution in [2.75, 3.05) is 13.7 Å². The molecule has 1 N–H and O–H groups in total. The number of benzene rings is 1. The second-order valence-electron chi connectivity index (χ2n) is 4.12. The molecule has 0 unspecified atom stereocenters. The van der Waals surface area contributed by atoms with Crippen LogP contribution < -0.4 is 10.1 Å². The van der Waals surface area contributed by atoms with Gasteiger partial charge in [-0.15, -0.1) is 0 Å². The van der Waals surface area contributed by atoms with Crippen LogP contribution in [0.3, 0.4) is 0 Å². The molecule has 0 saturated heterocycles. The molecule has 5 heteroatoms. The highest BCUT2D eigenvalue weighted by Gasteiger charge is 2.09. The number of halogens is 1. The molecule has 4 nitrogen and oxygen atoms in total. The van der Waals surface area contributed by atoms with E-state index in [1.165, 1.54) is 0 Å². The molecule has 0 heterocycles. The van der Waals surface area contributed by atoms with Gasteiger partial charge in [0.25, 0.3) is 0 Å². The van der Waals surface area contributed by atoms with Crippen LogP contribution in [0.25, 0.3) is 0 Å². The van der Waals surface area contributed by atoms with E-state index < -0.39 is 5.97 Å². The third kappa shape index (κ3) is 4.94. The predicted molar refractivity (Wildman–Crippen MR) is 70.9 cm³/mol. The fourth-order valence-electron chi connectivity index (χ4n) is 1.41. The van der Waals surface area contributed by atoms with Crippen LogP contribution in [0.15, 0.2) is 18.2 Å². The first kappa shape index (κ1) is 14.8. The molecule has 0 radical (unpaired) electrons. The maximum Gasteiger partial charge on any atom is 0.344 e. The monoisotopic (exact) mass is 271 g/mol. The summed E-state index contributed by atoms with van der Waals surface area (Å²) in [6.45, 7) is 4.17. The highest BCUT2D eigenvalue weighted by Crippen LogP contribution is 2.25. The zero-order valence-electron chi connectivity index (χ0n) is 10.8. The van der Waals surface area contributed by atoms with Crippen molar-refractivity contribution in [2.45, 2.75) is 26.5 Å². The summed E-state index contributed by atoms with van der Waals surface area (Å²) >= 11 is 6.05. The number of esters is 1. The molecule has 0 aliphatic carbocycles. The molecule has 18 heavy (non-hydrogen) atoms. The topological polar surface area (TPSA) is 47.6 Å². The Morgan fingerprint density at radius 2 is 2.17 bits per heavy atom. The Bertz CT molecular complexity index is 407. The number of rotatable bonds is 6. The Morgan fingerprint density at radius 1 is 1.44 bits per heavy atom. The summed E-state index contributed by atoms with van der Waals surface area (Å²) in [5, 5.41) is 3.52. The lowest BCUT2D eigenvalue weighted by molar-refractivity contribution is -0.149. The highest BCUT2D eigenvalue weighted by molar-refractivity contribution is 6.32. The standard InChI is InChI=1S/C13H18ClNO3/c1-9(2)18-13(16)8-17-12-5-4-10(7-15-3)6-11(12)14/h4-6,9,15H,7-8H2,1-3H3. The summed E-state index contributed by atoms with van der Waals surface area (Å²) < 4.78 is 10.3. The van der Waals surface area contributed by atoms with Crippen LogP contribution in [0.2, 0.25) is 5.02 Å². The minimum absolute atomic E-state index is 0.136. The van der Waals surface area contributed by atoms with Gasteiger partial charge in [-0.25, -0.2) is 4.79 Å². The van der Waals surface area contributed by atoms with Gasteiger partial charge in [-0.05, 0) is 38.6 Å². The summed E-state index contributed by atoms with van der Waals surface area (Å²) in [7, 11) is 1.86. The van der Waals surface area contributed by atoms with Crippen LogP contribution in [-0.4, -0.2) is 25.7 Å². The van der Waals surface area contributed by atoms with Gasteiger partial charge in [0.1, 0.15) is 5.75 Å². The molecule has 0 saturated carbocycles. The normalized spacial score (nSPS) is 10.5. The molecule has 0 amide bonds. The van der Waals surface area contributed by atoms with Crippen LogP contribution in [0.4, 0.5) is 0 Å². The van der Waals surface area contributed by atoms with Crippen LogP contribution in [0, 0.1) is 0 Å². The Kier molecular flexibility index (Phi) is 5.95. The SMILES string of the molecule is CNCc1ccc(OCC(=O)OC(C)C)c(Cl)c1. The lowest BCUT2D eigenvalue weighted by Gasteiger charge is -2.11. The van der Waals surface area contributed by atoms with Crippen molar-refractivity contribution in [3.05, 3.63) is 28.8 Å². The van der Waals surface area contributed by atoms with Crippen LogP contribution >= 0.6 is 11.6 Å². The van der Waals surface area contributed by atoms with Gasteiger partial charge in [-0.1, -0.05) is 17.7 Å². The maximum atomic E-state index is 11.3. The van der Waals surface area contributed by atoms with Crippen molar-refractivity contribution in [2.24, 2.45) is 0 Å². The third-order valence-corrected chi connectivity index (χ3v) is 2.39. The van der Waals surface area contributed by atoms with Crippen molar-refractivity contribution in [1.82, 2.24) is 5.32 Å². The molecule has 1 aromatic carbocycles. The Morgan fingerprint density at radius 3 is 2.72 bits per heavy atom. The molecule has 0 bridgehead atoms. The summed E-state index contributed by atoms with van der Waals surface area (Å²) in [6, 6.07) is 5.45. The lowest BCUT2D eigenvalue weighted by Crippen LogP contribution is -2.18. The molecule has 0 atom stereocenters. The zero-order chi connectivity index (χ0) is 13.5. The van der Waals surface area contributed by atoms with E-state index in [1.54, 1.807) is 26.0 Å².